The molecule has 1 saturated carbocycles. The fourth-order valence-corrected chi connectivity index (χ4v) is 3.41. The van der Waals surface area contributed by atoms with Gasteiger partial charge in [0.2, 0.25) is 5.78 Å². The summed E-state index contributed by atoms with van der Waals surface area (Å²) in [5, 5.41) is 1.49. The van der Waals surface area contributed by atoms with E-state index in [4.69, 9.17) is 20.8 Å². The minimum absolute atomic E-state index is 0.0586. The molecule has 112 valence electrons. The van der Waals surface area contributed by atoms with Crippen molar-refractivity contribution in [1.29, 1.82) is 0 Å². The molecule has 2 aromatic rings. The molecular formula is C17H19ClO3. The molecule has 1 aliphatic rings. The van der Waals surface area contributed by atoms with E-state index in [1.54, 1.807) is 31.4 Å². The maximum absolute atomic E-state index is 12.7. The number of hydrogen-bond donors (Lipinski definition) is 0. The van der Waals surface area contributed by atoms with Crippen LogP contribution < -0.4 is 0 Å². The molecule has 0 amide bonds. The molecule has 1 aromatic carbocycles. The van der Waals surface area contributed by atoms with Crippen molar-refractivity contribution in [2.45, 2.75) is 38.2 Å². The maximum Gasteiger partial charge on any atom is 0.226 e. The Kier molecular flexibility index (Phi) is 4.32. The molecule has 1 aromatic heterocycles. The zero-order chi connectivity index (χ0) is 14.8. The lowest BCUT2D eigenvalue weighted by Gasteiger charge is -2.27. The first-order valence-corrected chi connectivity index (χ1v) is 7.83. The van der Waals surface area contributed by atoms with Crippen LogP contribution in [-0.4, -0.2) is 19.0 Å². The fraction of sp³-hybridized carbons (Fsp3) is 0.471. The van der Waals surface area contributed by atoms with Crippen molar-refractivity contribution in [3.8, 4) is 0 Å². The van der Waals surface area contributed by atoms with Gasteiger partial charge in [0.1, 0.15) is 11.7 Å². The molecule has 0 aliphatic heterocycles. The molecule has 1 aliphatic carbocycles. The Hall–Kier alpha value is -1.32. The number of benzene rings is 1. The van der Waals surface area contributed by atoms with Crippen LogP contribution >= 0.6 is 11.6 Å². The summed E-state index contributed by atoms with van der Waals surface area (Å²) >= 11 is 5.97. The first-order valence-electron chi connectivity index (χ1n) is 7.45. The number of furan rings is 1. The second-order valence-corrected chi connectivity index (χ2v) is 6.15. The van der Waals surface area contributed by atoms with Gasteiger partial charge in [-0.2, -0.15) is 0 Å². The van der Waals surface area contributed by atoms with Gasteiger partial charge in [-0.05, 0) is 43.0 Å². The summed E-state index contributed by atoms with van der Waals surface area (Å²) < 4.78 is 11.2. The monoisotopic (exact) mass is 306 g/mol. The molecule has 1 atom stereocenters. The van der Waals surface area contributed by atoms with E-state index in [0.29, 0.717) is 22.3 Å². The third-order valence-corrected chi connectivity index (χ3v) is 4.55. The largest absolute Gasteiger partial charge is 0.453 e. The van der Waals surface area contributed by atoms with Crippen molar-refractivity contribution < 1.29 is 13.9 Å². The van der Waals surface area contributed by atoms with Gasteiger partial charge in [0.15, 0.2) is 5.76 Å². The van der Waals surface area contributed by atoms with Crippen LogP contribution in [0.5, 0.6) is 0 Å². The van der Waals surface area contributed by atoms with Gasteiger partial charge in [-0.3, -0.25) is 4.79 Å². The molecular weight excluding hydrogens is 288 g/mol. The summed E-state index contributed by atoms with van der Waals surface area (Å²) in [7, 11) is 1.61. The van der Waals surface area contributed by atoms with Crippen molar-refractivity contribution >= 4 is 28.4 Å². The molecule has 0 radical (unpaired) electrons. The Morgan fingerprint density at radius 2 is 2.05 bits per heavy atom. The van der Waals surface area contributed by atoms with E-state index in [1.807, 2.05) is 0 Å². The molecule has 3 nitrogen and oxygen atoms in total. The number of Topliss-reactive ketones (excluding diaryl/α,β-unsaturated/α-hetero) is 1. The van der Waals surface area contributed by atoms with Crippen LogP contribution in [0.1, 0.15) is 42.7 Å². The highest BCUT2D eigenvalue weighted by atomic mass is 35.5. The standard InChI is InChI=1S/C17H19ClO3/c1-20-17(11-5-3-2-4-6-11)16(19)15-10-12-9-13(18)7-8-14(12)21-15/h7-11,17H,2-6H2,1H3. The number of carbonyl (C=O) groups excluding carboxylic acids is 1. The normalized spacial score (nSPS) is 18.0. The zero-order valence-corrected chi connectivity index (χ0v) is 12.9. The predicted octanol–water partition coefficient (Wildman–Crippen LogP) is 4.86. The smallest absolute Gasteiger partial charge is 0.226 e. The van der Waals surface area contributed by atoms with Crippen LogP contribution in [0.15, 0.2) is 28.7 Å². The highest BCUT2D eigenvalue weighted by molar-refractivity contribution is 6.31. The van der Waals surface area contributed by atoms with Gasteiger partial charge in [-0.25, -0.2) is 0 Å². The van der Waals surface area contributed by atoms with Crippen molar-refractivity contribution in [3.05, 3.63) is 35.0 Å². The lowest BCUT2D eigenvalue weighted by molar-refractivity contribution is 0.0293. The van der Waals surface area contributed by atoms with Crippen molar-refractivity contribution in [2.24, 2.45) is 5.92 Å². The second kappa shape index (κ2) is 6.20. The van der Waals surface area contributed by atoms with Gasteiger partial charge < -0.3 is 9.15 Å². The fourth-order valence-electron chi connectivity index (χ4n) is 3.23. The Morgan fingerprint density at radius 1 is 1.29 bits per heavy atom. The van der Waals surface area contributed by atoms with Gasteiger partial charge in [0.05, 0.1) is 0 Å². The van der Waals surface area contributed by atoms with Crippen LogP contribution in [0.4, 0.5) is 0 Å². The Balaban J connectivity index is 1.86. The molecule has 1 fully saturated rings. The van der Waals surface area contributed by atoms with E-state index in [1.165, 1.54) is 19.3 Å². The minimum Gasteiger partial charge on any atom is -0.453 e. The summed E-state index contributed by atoms with van der Waals surface area (Å²) in [5.41, 5.74) is 0.682. The van der Waals surface area contributed by atoms with Crippen LogP contribution in [0.2, 0.25) is 5.02 Å². The highest BCUT2D eigenvalue weighted by Gasteiger charge is 2.32. The summed E-state index contributed by atoms with van der Waals surface area (Å²) in [5.74, 6) is 0.606. The lowest BCUT2D eigenvalue weighted by atomic mass is 9.83. The molecule has 3 rings (SSSR count). The number of ketones is 1. The van der Waals surface area contributed by atoms with E-state index in [2.05, 4.69) is 0 Å². The van der Waals surface area contributed by atoms with Gasteiger partial charge in [0.25, 0.3) is 0 Å². The van der Waals surface area contributed by atoms with E-state index in [0.717, 1.165) is 18.2 Å². The van der Waals surface area contributed by atoms with Gasteiger partial charge in [-0.1, -0.05) is 30.9 Å². The Morgan fingerprint density at radius 3 is 2.76 bits per heavy atom. The molecule has 4 heteroatoms. The van der Waals surface area contributed by atoms with Crippen molar-refractivity contribution in [2.75, 3.05) is 7.11 Å². The average Bonchev–Trinajstić information content (AvgIpc) is 2.92. The molecule has 0 N–H and O–H groups in total. The predicted molar refractivity (Wildman–Crippen MR) is 82.9 cm³/mol. The summed E-state index contributed by atoms with van der Waals surface area (Å²) in [6, 6.07) is 7.12. The number of halogens is 1. The molecule has 0 spiro atoms. The topological polar surface area (TPSA) is 39.4 Å². The number of ether oxygens (including phenoxy) is 1. The second-order valence-electron chi connectivity index (χ2n) is 5.71. The average molecular weight is 307 g/mol. The van der Waals surface area contributed by atoms with E-state index >= 15 is 0 Å². The first kappa shape index (κ1) is 14.6. The number of hydrogen-bond acceptors (Lipinski definition) is 3. The summed E-state index contributed by atoms with van der Waals surface area (Å²) in [6.07, 6.45) is 5.30. The van der Waals surface area contributed by atoms with Gasteiger partial charge in [0, 0.05) is 17.5 Å². The number of methoxy groups -OCH3 is 1. The van der Waals surface area contributed by atoms with Crippen LogP contribution in [0, 0.1) is 5.92 Å². The highest BCUT2D eigenvalue weighted by Crippen LogP contribution is 2.31. The van der Waals surface area contributed by atoms with Crippen molar-refractivity contribution in [1.82, 2.24) is 0 Å². The summed E-state index contributed by atoms with van der Waals surface area (Å²) in [4.78, 5) is 12.7. The van der Waals surface area contributed by atoms with E-state index < -0.39 is 6.10 Å². The molecule has 0 bridgehead atoms. The van der Waals surface area contributed by atoms with Crippen LogP contribution in [-0.2, 0) is 4.74 Å². The Bertz CT molecular complexity index is 641. The lowest BCUT2D eigenvalue weighted by Crippen LogP contribution is -2.32. The van der Waals surface area contributed by atoms with E-state index in [9.17, 15) is 4.79 Å². The minimum atomic E-state index is -0.402. The van der Waals surface area contributed by atoms with Crippen molar-refractivity contribution in [3.63, 3.8) is 0 Å². The third kappa shape index (κ3) is 2.99. The molecule has 21 heavy (non-hydrogen) atoms. The Labute approximate surface area is 129 Å². The van der Waals surface area contributed by atoms with Crippen LogP contribution in [0.3, 0.4) is 0 Å². The number of rotatable bonds is 4. The first-order chi connectivity index (χ1) is 10.2. The number of fused-ring (bicyclic) bond motifs is 1. The van der Waals surface area contributed by atoms with Crippen LogP contribution in [0.25, 0.3) is 11.0 Å². The van der Waals surface area contributed by atoms with Gasteiger partial charge in [-0.15, -0.1) is 0 Å². The van der Waals surface area contributed by atoms with Gasteiger partial charge >= 0.3 is 0 Å². The maximum atomic E-state index is 12.7. The third-order valence-electron chi connectivity index (χ3n) is 4.31. The zero-order valence-electron chi connectivity index (χ0n) is 12.1. The van der Waals surface area contributed by atoms with E-state index in [-0.39, 0.29) is 5.78 Å². The molecule has 1 unspecified atom stereocenters. The quantitative estimate of drug-likeness (QED) is 0.757. The summed E-state index contributed by atoms with van der Waals surface area (Å²) in [6.45, 7) is 0. The SMILES string of the molecule is COC(C(=O)c1cc2cc(Cl)ccc2o1)C1CCCCC1. The number of carbonyl (C=O) groups is 1. The molecule has 1 heterocycles. The molecule has 0 saturated heterocycles.